The molecule has 5 nitrogen and oxygen atoms in total. The molecule has 1 atom stereocenters. The van der Waals surface area contributed by atoms with Crippen molar-refractivity contribution in [2.24, 2.45) is 10.9 Å². The summed E-state index contributed by atoms with van der Waals surface area (Å²) < 4.78 is 2.07. The van der Waals surface area contributed by atoms with Crippen LogP contribution in [-0.4, -0.2) is 29.3 Å². The highest BCUT2D eigenvalue weighted by atomic mass is 127. The zero-order valence-corrected chi connectivity index (χ0v) is 18.2. The number of rotatable bonds is 6. The Morgan fingerprint density at radius 1 is 1.16 bits per heavy atom. The molecule has 0 radical (unpaired) electrons. The zero-order chi connectivity index (χ0) is 17.5. The predicted molar refractivity (Wildman–Crippen MR) is 116 cm³/mol. The van der Waals surface area contributed by atoms with Crippen molar-refractivity contribution in [3.8, 4) is 0 Å². The van der Waals surface area contributed by atoms with E-state index in [1.54, 1.807) is 7.05 Å². The van der Waals surface area contributed by atoms with E-state index in [4.69, 9.17) is 0 Å². The number of nitrogens with zero attached hydrogens (tertiary/aromatic N) is 3. The lowest BCUT2D eigenvalue weighted by atomic mass is 10.1. The highest BCUT2D eigenvalue weighted by Gasteiger charge is 2.08. The van der Waals surface area contributed by atoms with E-state index < -0.39 is 0 Å². The average molecular weight is 455 g/mol. The van der Waals surface area contributed by atoms with Crippen molar-refractivity contribution in [1.29, 1.82) is 0 Å². The molecule has 1 heterocycles. The van der Waals surface area contributed by atoms with Crippen molar-refractivity contribution in [2.75, 3.05) is 13.6 Å². The van der Waals surface area contributed by atoms with Gasteiger partial charge in [0.15, 0.2) is 5.96 Å². The van der Waals surface area contributed by atoms with Gasteiger partial charge in [-0.2, -0.15) is 5.10 Å². The molecule has 0 spiro atoms. The summed E-state index contributed by atoms with van der Waals surface area (Å²) >= 11 is 0. The van der Waals surface area contributed by atoms with Crippen LogP contribution in [0.15, 0.2) is 35.3 Å². The first-order valence-corrected chi connectivity index (χ1v) is 8.49. The van der Waals surface area contributed by atoms with Gasteiger partial charge in [-0.05, 0) is 38.3 Å². The summed E-state index contributed by atoms with van der Waals surface area (Å²) in [5.41, 5.74) is 4.81. The van der Waals surface area contributed by atoms with Crippen LogP contribution in [0.2, 0.25) is 0 Å². The summed E-state index contributed by atoms with van der Waals surface area (Å²) in [5, 5.41) is 11.3. The standard InChI is InChI=1S/C19H29N5.HI/c1-14-6-8-18(9-7-14)12-22-19(20-5)21-11-15(2)13-24-17(4)10-16(3)23-24;/h6-10,15H,11-13H2,1-5H3,(H2,20,21,22);1H. The summed E-state index contributed by atoms with van der Waals surface area (Å²) in [6.45, 7) is 11.0. The molecular formula is C19H30IN5. The lowest BCUT2D eigenvalue weighted by Gasteiger charge is -2.17. The van der Waals surface area contributed by atoms with Crippen LogP contribution in [-0.2, 0) is 13.1 Å². The lowest BCUT2D eigenvalue weighted by molar-refractivity contribution is 0.436. The minimum atomic E-state index is 0. The molecule has 138 valence electrons. The maximum absolute atomic E-state index is 4.52. The summed E-state index contributed by atoms with van der Waals surface area (Å²) in [4.78, 5) is 4.29. The van der Waals surface area contributed by atoms with E-state index in [1.165, 1.54) is 16.8 Å². The van der Waals surface area contributed by atoms with Gasteiger partial charge in [0.1, 0.15) is 0 Å². The normalized spacial score (nSPS) is 12.4. The molecule has 1 aromatic carbocycles. The van der Waals surface area contributed by atoms with E-state index in [9.17, 15) is 0 Å². The second-order valence-corrected chi connectivity index (χ2v) is 6.51. The number of halogens is 1. The molecule has 0 amide bonds. The first kappa shape index (κ1) is 21.5. The van der Waals surface area contributed by atoms with Crippen molar-refractivity contribution in [3.63, 3.8) is 0 Å². The molecule has 1 unspecified atom stereocenters. The quantitative estimate of drug-likeness (QED) is 0.399. The van der Waals surface area contributed by atoms with Crippen LogP contribution in [0.4, 0.5) is 0 Å². The van der Waals surface area contributed by atoms with E-state index in [2.05, 4.69) is 76.5 Å². The van der Waals surface area contributed by atoms with Crippen molar-refractivity contribution >= 4 is 29.9 Å². The highest BCUT2D eigenvalue weighted by Crippen LogP contribution is 2.06. The third-order valence-corrected chi connectivity index (χ3v) is 4.01. The van der Waals surface area contributed by atoms with E-state index in [-0.39, 0.29) is 24.0 Å². The fraction of sp³-hybridized carbons (Fsp3) is 0.474. The Morgan fingerprint density at radius 2 is 1.84 bits per heavy atom. The molecule has 0 aliphatic heterocycles. The van der Waals surface area contributed by atoms with Gasteiger partial charge in [0.25, 0.3) is 0 Å². The van der Waals surface area contributed by atoms with E-state index in [0.29, 0.717) is 5.92 Å². The molecule has 0 aliphatic rings. The van der Waals surface area contributed by atoms with Gasteiger partial charge in [-0.3, -0.25) is 9.67 Å². The number of hydrogen-bond acceptors (Lipinski definition) is 2. The highest BCUT2D eigenvalue weighted by molar-refractivity contribution is 14.0. The van der Waals surface area contributed by atoms with Crippen molar-refractivity contribution in [3.05, 3.63) is 52.8 Å². The van der Waals surface area contributed by atoms with Crippen LogP contribution in [0.25, 0.3) is 0 Å². The number of hydrogen-bond donors (Lipinski definition) is 2. The molecule has 0 bridgehead atoms. The second kappa shape index (κ2) is 10.4. The molecule has 0 fully saturated rings. The van der Waals surface area contributed by atoms with E-state index in [0.717, 1.165) is 31.3 Å². The summed E-state index contributed by atoms with van der Waals surface area (Å²) in [6.07, 6.45) is 0. The predicted octanol–water partition coefficient (Wildman–Crippen LogP) is 3.43. The molecular weight excluding hydrogens is 425 g/mol. The fourth-order valence-electron chi connectivity index (χ4n) is 2.60. The van der Waals surface area contributed by atoms with Gasteiger partial charge in [0.05, 0.1) is 5.69 Å². The smallest absolute Gasteiger partial charge is 0.191 e. The third-order valence-electron chi connectivity index (χ3n) is 4.01. The number of benzene rings is 1. The van der Waals surface area contributed by atoms with Crippen LogP contribution in [0.1, 0.15) is 29.4 Å². The number of aromatic nitrogens is 2. The monoisotopic (exact) mass is 455 g/mol. The van der Waals surface area contributed by atoms with Gasteiger partial charge in [-0.25, -0.2) is 0 Å². The molecule has 2 aromatic rings. The minimum Gasteiger partial charge on any atom is -0.356 e. The molecule has 2 rings (SSSR count). The van der Waals surface area contributed by atoms with E-state index in [1.807, 2.05) is 6.92 Å². The number of aryl methyl sites for hydroxylation is 3. The molecule has 0 saturated carbocycles. The fourth-order valence-corrected chi connectivity index (χ4v) is 2.60. The topological polar surface area (TPSA) is 54.2 Å². The Kier molecular flexibility index (Phi) is 8.96. The molecule has 0 aliphatic carbocycles. The van der Waals surface area contributed by atoms with Crippen LogP contribution in [0.5, 0.6) is 0 Å². The maximum atomic E-state index is 4.52. The Labute approximate surface area is 168 Å². The van der Waals surface area contributed by atoms with Gasteiger partial charge in [0.2, 0.25) is 0 Å². The molecule has 1 aromatic heterocycles. The number of nitrogens with one attached hydrogen (secondary N) is 2. The van der Waals surface area contributed by atoms with Crippen molar-refractivity contribution in [2.45, 2.75) is 40.8 Å². The van der Waals surface area contributed by atoms with Gasteiger partial charge in [-0.15, -0.1) is 24.0 Å². The average Bonchev–Trinajstić information content (AvgIpc) is 2.86. The van der Waals surface area contributed by atoms with Crippen LogP contribution in [0.3, 0.4) is 0 Å². The number of guanidine groups is 1. The van der Waals surface area contributed by atoms with Crippen LogP contribution in [0, 0.1) is 26.7 Å². The Hall–Kier alpha value is -1.57. The zero-order valence-electron chi connectivity index (χ0n) is 15.8. The Morgan fingerprint density at radius 3 is 2.40 bits per heavy atom. The molecule has 0 saturated heterocycles. The maximum Gasteiger partial charge on any atom is 0.191 e. The second-order valence-electron chi connectivity index (χ2n) is 6.51. The Bertz CT molecular complexity index is 676. The SMILES string of the molecule is CN=C(NCc1ccc(C)cc1)NCC(C)Cn1nc(C)cc1C.I. The van der Waals surface area contributed by atoms with E-state index >= 15 is 0 Å². The summed E-state index contributed by atoms with van der Waals surface area (Å²) in [7, 11) is 1.80. The molecule has 25 heavy (non-hydrogen) atoms. The van der Waals surface area contributed by atoms with Gasteiger partial charge < -0.3 is 10.6 Å². The molecule has 6 heteroatoms. The first-order valence-electron chi connectivity index (χ1n) is 8.49. The van der Waals surface area contributed by atoms with Gasteiger partial charge in [0, 0.05) is 32.4 Å². The van der Waals surface area contributed by atoms with Crippen molar-refractivity contribution in [1.82, 2.24) is 20.4 Å². The lowest BCUT2D eigenvalue weighted by Crippen LogP contribution is -2.39. The number of aliphatic imine (C=N–C) groups is 1. The van der Waals surface area contributed by atoms with Gasteiger partial charge in [-0.1, -0.05) is 36.8 Å². The Balaban J connectivity index is 0.00000312. The van der Waals surface area contributed by atoms with Crippen molar-refractivity contribution < 1.29 is 0 Å². The summed E-state index contributed by atoms with van der Waals surface area (Å²) in [6, 6.07) is 10.7. The van der Waals surface area contributed by atoms with Gasteiger partial charge >= 0.3 is 0 Å². The third kappa shape index (κ3) is 7.05. The first-order chi connectivity index (χ1) is 11.5. The van der Waals surface area contributed by atoms with Crippen LogP contribution >= 0.6 is 24.0 Å². The van der Waals surface area contributed by atoms with Crippen LogP contribution < -0.4 is 10.6 Å². The largest absolute Gasteiger partial charge is 0.356 e. The molecule has 2 N–H and O–H groups in total. The summed E-state index contributed by atoms with van der Waals surface area (Å²) in [5.74, 6) is 1.29. The minimum absolute atomic E-state index is 0.